The summed E-state index contributed by atoms with van der Waals surface area (Å²) in [6, 6.07) is 8.27. The van der Waals surface area contributed by atoms with Crippen LogP contribution in [0.2, 0.25) is 0 Å². The number of aryl methyl sites for hydroxylation is 1. The summed E-state index contributed by atoms with van der Waals surface area (Å²) in [4.78, 5) is 17.5. The Hall–Kier alpha value is -2.38. The van der Waals surface area contributed by atoms with Crippen LogP contribution in [0.3, 0.4) is 0 Å². The van der Waals surface area contributed by atoms with Crippen molar-refractivity contribution in [2.24, 2.45) is 5.92 Å². The molecular formula is C24H33N3O4. The van der Waals surface area contributed by atoms with Gasteiger partial charge in [0.05, 0.1) is 31.9 Å². The minimum Gasteiger partial charge on any atom is -0.383 e. The summed E-state index contributed by atoms with van der Waals surface area (Å²) in [5.74, 6) is 1.09. The van der Waals surface area contributed by atoms with Gasteiger partial charge in [0.2, 0.25) is 11.8 Å². The highest BCUT2D eigenvalue weighted by molar-refractivity contribution is 5.80. The lowest BCUT2D eigenvalue weighted by atomic mass is 10.0. The molecule has 2 aliphatic rings. The van der Waals surface area contributed by atoms with Crippen molar-refractivity contribution in [1.29, 1.82) is 0 Å². The van der Waals surface area contributed by atoms with E-state index >= 15 is 0 Å². The SMILES string of the molecule is COCCN(Cc1c(-c2cccc(C)c2)noc1N1CCOCC1)C(=O)C1CCCC1. The maximum atomic E-state index is 13.4. The van der Waals surface area contributed by atoms with Crippen molar-refractivity contribution in [3.63, 3.8) is 0 Å². The zero-order valence-corrected chi connectivity index (χ0v) is 18.6. The molecule has 1 amide bonds. The quantitative estimate of drug-likeness (QED) is 0.641. The second-order valence-electron chi connectivity index (χ2n) is 8.52. The fourth-order valence-corrected chi connectivity index (χ4v) is 4.57. The predicted molar refractivity (Wildman–Crippen MR) is 119 cm³/mol. The van der Waals surface area contributed by atoms with Crippen molar-refractivity contribution in [3.8, 4) is 11.3 Å². The molecule has 7 nitrogen and oxygen atoms in total. The van der Waals surface area contributed by atoms with Crippen LogP contribution in [0.25, 0.3) is 11.3 Å². The van der Waals surface area contributed by atoms with Gasteiger partial charge in [0.15, 0.2) is 0 Å². The number of nitrogens with zero attached hydrogens (tertiary/aromatic N) is 3. The number of hydrogen-bond acceptors (Lipinski definition) is 6. The van der Waals surface area contributed by atoms with Crippen molar-refractivity contribution >= 4 is 11.8 Å². The van der Waals surface area contributed by atoms with Gasteiger partial charge in [-0.25, -0.2) is 0 Å². The molecular weight excluding hydrogens is 394 g/mol. The van der Waals surface area contributed by atoms with Crippen LogP contribution in [-0.2, 0) is 20.8 Å². The summed E-state index contributed by atoms with van der Waals surface area (Å²) < 4.78 is 16.7. The molecule has 1 saturated heterocycles. The zero-order chi connectivity index (χ0) is 21.6. The van der Waals surface area contributed by atoms with E-state index in [1.54, 1.807) is 7.11 Å². The molecule has 4 rings (SSSR count). The highest BCUT2D eigenvalue weighted by Crippen LogP contribution is 2.34. The monoisotopic (exact) mass is 427 g/mol. The third-order valence-corrected chi connectivity index (χ3v) is 6.29. The topological polar surface area (TPSA) is 68.0 Å². The number of ether oxygens (including phenoxy) is 2. The summed E-state index contributed by atoms with van der Waals surface area (Å²) in [5, 5.41) is 4.47. The number of hydrogen-bond donors (Lipinski definition) is 0. The van der Waals surface area contributed by atoms with Crippen molar-refractivity contribution < 1.29 is 18.8 Å². The van der Waals surface area contributed by atoms with Crippen molar-refractivity contribution in [3.05, 3.63) is 35.4 Å². The van der Waals surface area contributed by atoms with E-state index in [9.17, 15) is 4.79 Å². The van der Waals surface area contributed by atoms with Gasteiger partial charge in [0, 0.05) is 38.2 Å². The minimum atomic E-state index is 0.117. The largest absolute Gasteiger partial charge is 0.383 e. The van der Waals surface area contributed by atoms with Crippen molar-refractivity contribution in [2.45, 2.75) is 39.2 Å². The van der Waals surface area contributed by atoms with Crippen LogP contribution < -0.4 is 4.90 Å². The molecule has 2 fully saturated rings. The number of benzene rings is 1. The third kappa shape index (κ3) is 5.10. The van der Waals surface area contributed by atoms with E-state index in [0.29, 0.717) is 32.9 Å². The maximum Gasteiger partial charge on any atom is 0.233 e. The van der Waals surface area contributed by atoms with Crippen LogP contribution in [0.5, 0.6) is 0 Å². The van der Waals surface area contributed by atoms with E-state index < -0.39 is 0 Å². The van der Waals surface area contributed by atoms with E-state index in [0.717, 1.165) is 67.0 Å². The normalized spacial score (nSPS) is 17.3. The Balaban J connectivity index is 1.68. The molecule has 2 heterocycles. The Morgan fingerprint density at radius 3 is 2.74 bits per heavy atom. The third-order valence-electron chi connectivity index (χ3n) is 6.29. The number of aromatic nitrogens is 1. The molecule has 0 N–H and O–H groups in total. The first-order valence-corrected chi connectivity index (χ1v) is 11.3. The molecule has 2 aromatic rings. The van der Waals surface area contributed by atoms with E-state index in [4.69, 9.17) is 14.0 Å². The first-order chi connectivity index (χ1) is 15.2. The van der Waals surface area contributed by atoms with Gasteiger partial charge in [0.25, 0.3) is 0 Å². The summed E-state index contributed by atoms with van der Waals surface area (Å²) >= 11 is 0. The van der Waals surface area contributed by atoms with Crippen LogP contribution >= 0.6 is 0 Å². The van der Waals surface area contributed by atoms with Gasteiger partial charge >= 0.3 is 0 Å². The Morgan fingerprint density at radius 2 is 2.03 bits per heavy atom. The summed E-state index contributed by atoms with van der Waals surface area (Å²) in [5.41, 5.74) is 3.96. The molecule has 31 heavy (non-hydrogen) atoms. The number of carbonyl (C=O) groups is 1. The standard InChI is InChI=1S/C24H33N3O4/c1-18-6-5-9-20(16-18)22-21(24(31-25-22)26-11-14-30-15-12-26)17-27(10-13-29-2)23(28)19-7-3-4-8-19/h5-6,9,16,19H,3-4,7-8,10-15,17H2,1-2H3. The van der Waals surface area contributed by atoms with Crippen molar-refractivity contribution in [2.75, 3.05) is 51.5 Å². The summed E-state index contributed by atoms with van der Waals surface area (Å²) in [6.45, 7) is 6.44. The molecule has 0 radical (unpaired) electrons. The summed E-state index contributed by atoms with van der Waals surface area (Å²) in [7, 11) is 1.68. The van der Waals surface area contributed by atoms with Gasteiger partial charge in [-0.1, -0.05) is 41.8 Å². The fraction of sp³-hybridized carbons (Fsp3) is 0.583. The Bertz CT molecular complexity index is 869. The van der Waals surface area contributed by atoms with Crippen molar-refractivity contribution in [1.82, 2.24) is 10.1 Å². The molecule has 168 valence electrons. The maximum absolute atomic E-state index is 13.4. The highest BCUT2D eigenvalue weighted by Gasteiger charge is 2.31. The van der Waals surface area contributed by atoms with Gasteiger partial charge in [0.1, 0.15) is 5.69 Å². The van der Waals surface area contributed by atoms with Crippen LogP contribution in [0, 0.1) is 12.8 Å². The molecule has 1 saturated carbocycles. The fourth-order valence-electron chi connectivity index (χ4n) is 4.57. The average molecular weight is 428 g/mol. The molecule has 0 spiro atoms. The van der Waals surface area contributed by atoms with Gasteiger partial charge in [-0.05, 0) is 25.8 Å². The summed E-state index contributed by atoms with van der Waals surface area (Å²) in [6.07, 6.45) is 4.23. The van der Waals surface area contributed by atoms with Crippen LogP contribution in [-0.4, -0.2) is 62.5 Å². The lowest BCUT2D eigenvalue weighted by Crippen LogP contribution is -2.39. The van der Waals surface area contributed by atoms with Crippen LogP contribution in [0.15, 0.2) is 28.8 Å². The van der Waals surface area contributed by atoms with E-state index in [1.807, 2.05) is 11.0 Å². The zero-order valence-electron chi connectivity index (χ0n) is 18.6. The number of anilines is 1. The Kier molecular flexibility index (Phi) is 7.25. The minimum absolute atomic E-state index is 0.117. The molecule has 0 bridgehead atoms. The molecule has 0 atom stereocenters. The number of rotatable bonds is 8. The van der Waals surface area contributed by atoms with Gasteiger partial charge < -0.3 is 23.8 Å². The number of methoxy groups -OCH3 is 1. The van der Waals surface area contributed by atoms with Gasteiger partial charge in [-0.2, -0.15) is 0 Å². The lowest BCUT2D eigenvalue weighted by Gasteiger charge is -2.29. The van der Waals surface area contributed by atoms with E-state index in [2.05, 4.69) is 35.2 Å². The van der Waals surface area contributed by atoms with Gasteiger partial charge in [-0.15, -0.1) is 0 Å². The molecule has 1 aromatic heterocycles. The Labute approximate surface area is 184 Å². The molecule has 1 aliphatic carbocycles. The molecule has 0 unspecified atom stereocenters. The lowest BCUT2D eigenvalue weighted by molar-refractivity contribution is -0.136. The van der Waals surface area contributed by atoms with E-state index in [-0.39, 0.29) is 11.8 Å². The first kappa shape index (κ1) is 21.8. The predicted octanol–water partition coefficient (Wildman–Crippen LogP) is 3.65. The number of amides is 1. The first-order valence-electron chi connectivity index (χ1n) is 11.3. The van der Waals surface area contributed by atoms with E-state index in [1.165, 1.54) is 0 Å². The van der Waals surface area contributed by atoms with Gasteiger partial charge in [-0.3, -0.25) is 4.79 Å². The molecule has 7 heteroatoms. The van der Waals surface area contributed by atoms with Crippen LogP contribution in [0.1, 0.15) is 36.8 Å². The van der Waals surface area contributed by atoms with Crippen LogP contribution in [0.4, 0.5) is 5.88 Å². The number of carbonyl (C=O) groups excluding carboxylic acids is 1. The second-order valence-corrected chi connectivity index (χ2v) is 8.52. The smallest absolute Gasteiger partial charge is 0.233 e. The highest BCUT2D eigenvalue weighted by atomic mass is 16.5. The average Bonchev–Trinajstić information content (AvgIpc) is 3.47. The Morgan fingerprint density at radius 1 is 1.26 bits per heavy atom. The second kappa shape index (κ2) is 10.3. The molecule has 1 aliphatic heterocycles. The number of morpholine rings is 1. The molecule has 1 aromatic carbocycles.